The highest BCUT2D eigenvalue weighted by Gasteiger charge is 2.19. The molecule has 0 saturated carbocycles. The number of hydrogen-bond donors (Lipinski definition) is 1. The number of aliphatic hydroxyl groups excluding tert-OH is 1. The van der Waals surface area contributed by atoms with E-state index in [0.717, 1.165) is 74.5 Å². The summed E-state index contributed by atoms with van der Waals surface area (Å²) in [6.45, 7) is 0.0141. The Labute approximate surface area is 232 Å². The third-order valence-corrected chi connectivity index (χ3v) is 8.89. The predicted octanol–water partition coefficient (Wildman–Crippen LogP) is 7.16. The van der Waals surface area contributed by atoms with Crippen LogP contribution in [-0.4, -0.2) is 43.5 Å². The van der Waals surface area contributed by atoms with Gasteiger partial charge in [-0.1, -0.05) is 0 Å². The molecule has 10 heteroatoms. The molecule has 0 saturated heterocycles. The molecule has 0 bridgehead atoms. The van der Waals surface area contributed by atoms with Gasteiger partial charge in [0.1, 0.15) is 23.0 Å². The number of thiophene rings is 2. The van der Waals surface area contributed by atoms with Crippen molar-refractivity contribution in [2.24, 2.45) is 0 Å². The normalized spacial score (nSPS) is 11.1. The van der Waals surface area contributed by atoms with Gasteiger partial charge in [0.05, 0.1) is 50.3 Å². The van der Waals surface area contributed by atoms with Crippen molar-refractivity contribution in [3.8, 4) is 23.0 Å². The molecule has 0 aliphatic rings. The smallest absolute Gasteiger partial charge is 0.144 e. The molecule has 0 aliphatic carbocycles. The van der Waals surface area contributed by atoms with Crippen LogP contribution in [0.2, 0.25) is 0 Å². The average molecular weight is 569 g/mol. The zero-order chi connectivity index (χ0) is 26.8. The van der Waals surface area contributed by atoms with E-state index >= 15 is 0 Å². The lowest BCUT2D eigenvalue weighted by Gasteiger charge is -2.11. The van der Waals surface area contributed by atoms with Gasteiger partial charge in [0.25, 0.3) is 0 Å². The zero-order valence-corrected chi connectivity index (χ0v) is 23.6. The molecule has 1 N–H and O–H groups in total. The molecule has 2 aromatic carbocycles. The summed E-state index contributed by atoms with van der Waals surface area (Å²) in [5, 5.41) is 15.1. The van der Waals surface area contributed by atoms with Gasteiger partial charge in [-0.2, -0.15) is 0 Å². The molecule has 0 amide bonds. The molecule has 4 heterocycles. The van der Waals surface area contributed by atoms with Crippen LogP contribution >= 0.6 is 34.3 Å². The molecule has 196 valence electrons. The van der Waals surface area contributed by atoms with Crippen LogP contribution in [-0.2, 0) is 12.5 Å². The molecule has 0 unspecified atom stereocenters. The van der Waals surface area contributed by atoms with Gasteiger partial charge in [0, 0.05) is 66.9 Å². The fourth-order valence-electron chi connectivity index (χ4n) is 4.63. The molecule has 0 aliphatic heterocycles. The monoisotopic (exact) mass is 568 g/mol. The number of alkyl halides is 1. The molecule has 0 atom stereocenters. The summed E-state index contributed by atoms with van der Waals surface area (Å²) in [5.41, 5.74) is 0. The van der Waals surface area contributed by atoms with Crippen LogP contribution in [0, 0.1) is 0 Å². The van der Waals surface area contributed by atoms with Crippen LogP contribution < -0.4 is 18.9 Å². The third kappa shape index (κ3) is 4.35. The number of halogens is 1. The number of aromatic nitrogens is 2. The lowest BCUT2D eigenvalue weighted by molar-refractivity contribution is 0.285. The molecule has 6 rings (SSSR count). The Morgan fingerprint density at radius 1 is 0.658 bits per heavy atom. The van der Waals surface area contributed by atoms with Gasteiger partial charge in [-0.05, 0) is 24.3 Å². The number of fused-ring (bicyclic) bond motifs is 4. The summed E-state index contributed by atoms with van der Waals surface area (Å²) in [5.74, 6) is 3.74. The Morgan fingerprint density at radius 2 is 1.11 bits per heavy atom. The summed E-state index contributed by atoms with van der Waals surface area (Å²) in [7, 11) is 6.65. The van der Waals surface area contributed by atoms with Crippen LogP contribution in [0.25, 0.3) is 41.7 Å². The molecule has 6 aromatic rings. The van der Waals surface area contributed by atoms with Crippen molar-refractivity contribution < 1.29 is 24.1 Å². The van der Waals surface area contributed by atoms with Crippen LogP contribution in [0.3, 0.4) is 0 Å². The summed E-state index contributed by atoms with van der Waals surface area (Å²) in [6, 6.07) is 7.85. The molecule has 0 fully saturated rings. The first-order valence-corrected chi connectivity index (χ1v) is 13.7. The maximum Gasteiger partial charge on any atom is 0.144 e. The second-order valence-electron chi connectivity index (χ2n) is 8.18. The van der Waals surface area contributed by atoms with Gasteiger partial charge in [-0.15, -0.1) is 34.3 Å². The largest absolute Gasteiger partial charge is 0.495 e. The third-order valence-electron chi connectivity index (χ3n) is 6.19. The van der Waals surface area contributed by atoms with Crippen molar-refractivity contribution in [1.82, 2.24) is 9.97 Å². The van der Waals surface area contributed by atoms with E-state index in [4.69, 9.17) is 30.5 Å². The molecule has 38 heavy (non-hydrogen) atoms. The fraction of sp³-hybridized carbons (Fsp3) is 0.214. The zero-order valence-electron chi connectivity index (χ0n) is 21.2. The number of benzene rings is 2. The van der Waals surface area contributed by atoms with Gasteiger partial charge in [0.2, 0.25) is 0 Å². The van der Waals surface area contributed by atoms with E-state index in [2.05, 4.69) is 16.0 Å². The highest BCUT2D eigenvalue weighted by molar-refractivity contribution is 7.20. The standard InChI is InChI=1S/C14H12ClNO2S.C14H13NO3S/c1-17-12-10-5-8(6-15)19-14(10)13(18-2)9-3-4-16-7-11(9)12;1-17-12-10-5-8(7-16)19-14(10)13(18-2)9-3-4-15-6-11(9)12/h3-5,7H,6H2,1-2H3;3-6,16H,7H2,1-2H3. The second-order valence-corrected chi connectivity index (χ2v) is 10.7. The highest BCUT2D eigenvalue weighted by atomic mass is 35.5. The van der Waals surface area contributed by atoms with E-state index in [0.29, 0.717) is 5.88 Å². The number of ether oxygens (including phenoxy) is 4. The minimum Gasteiger partial charge on any atom is -0.495 e. The highest BCUT2D eigenvalue weighted by Crippen LogP contribution is 2.47. The van der Waals surface area contributed by atoms with Crippen molar-refractivity contribution in [3.05, 3.63) is 58.8 Å². The Kier molecular flexibility index (Phi) is 7.71. The van der Waals surface area contributed by atoms with Crippen LogP contribution in [0.1, 0.15) is 9.75 Å². The molecule has 0 spiro atoms. The number of aliphatic hydroxyl groups is 1. The maximum atomic E-state index is 9.32. The quantitative estimate of drug-likeness (QED) is 0.213. The Morgan fingerprint density at radius 3 is 1.53 bits per heavy atom. The lowest BCUT2D eigenvalue weighted by Crippen LogP contribution is -1.91. The number of methoxy groups -OCH3 is 4. The van der Waals surface area contributed by atoms with E-state index in [1.165, 1.54) is 11.3 Å². The summed E-state index contributed by atoms with van der Waals surface area (Å²) >= 11 is 9.09. The predicted molar refractivity (Wildman–Crippen MR) is 156 cm³/mol. The Bertz CT molecular complexity index is 1510. The number of pyridine rings is 2. The minimum absolute atomic E-state index is 0.0141. The molecule has 7 nitrogen and oxygen atoms in total. The topological polar surface area (TPSA) is 82.9 Å². The number of hydrogen-bond acceptors (Lipinski definition) is 9. The molecular formula is C28H25ClN2O5S2. The van der Waals surface area contributed by atoms with Crippen LogP contribution in [0.5, 0.6) is 23.0 Å². The minimum atomic E-state index is 0.0141. The SMILES string of the molecule is COc1c2cnccc2c(OC)c2sc(CCl)cc12.COc1c2cnccc2c(OC)c2sc(CO)cc12. The van der Waals surface area contributed by atoms with E-state index in [9.17, 15) is 5.11 Å². The van der Waals surface area contributed by atoms with Crippen LogP contribution in [0.4, 0.5) is 0 Å². The molecule has 4 aromatic heterocycles. The summed E-state index contributed by atoms with van der Waals surface area (Å²) < 4.78 is 24.3. The van der Waals surface area contributed by atoms with Gasteiger partial charge in [-0.25, -0.2) is 0 Å². The van der Waals surface area contributed by atoms with Crippen molar-refractivity contribution in [2.75, 3.05) is 28.4 Å². The van der Waals surface area contributed by atoms with Crippen LogP contribution in [0.15, 0.2) is 49.1 Å². The Balaban J connectivity index is 0.000000155. The van der Waals surface area contributed by atoms with Gasteiger partial charge >= 0.3 is 0 Å². The van der Waals surface area contributed by atoms with Crippen molar-refractivity contribution >= 4 is 76.0 Å². The second kappa shape index (κ2) is 11.2. The van der Waals surface area contributed by atoms with Crippen molar-refractivity contribution in [2.45, 2.75) is 12.5 Å². The fourth-order valence-corrected chi connectivity index (χ4v) is 6.96. The van der Waals surface area contributed by atoms with Crippen molar-refractivity contribution in [3.63, 3.8) is 0 Å². The van der Waals surface area contributed by atoms with Gasteiger partial charge in [0.15, 0.2) is 0 Å². The first-order chi connectivity index (χ1) is 18.6. The van der Waals surface area contributed by atoms with E-state index in [1.54, 1.807) is 64.6 Å². The number of nitrogens with zero attached hydrogens (tertiary/aromatic N) is 2. The van der Waals surface area contributed by atoms with Gasteiger partial charge < -0.3 is 24.1 Å². The van der Waals surface area contributed by atoms with Crippen molar-refractivity contribution in [1.29, 1.82) is 0 Å². The molecule has 0 radical (unpaired) electrons. The number of rotatable bonds is 6. The maximum absolute atomic E-state index is 9.32. The molecular weight excluding hydrogens is 544 g/mol. The lowest BCUT2D eigenvalue weighted by atomic mass is 10.1. The first kappa shape index (κ1) is 26.2. The summed E-state index contributed by atoms with van der Waals surface area (Å²) in [6.07, 6.45) is 7.06. The average Bonchev–Trinajstić information content (AvgIpc) is 3.59. The van der Waals surface area contributed by atoms with E-state index in [-0.39, 0.29) is 6.61 Å². The van der Waals surface area contributed by atoms with Gasteiger partial charge in [-0.3, -0.25) is 9.97 Å². The Hall–Kier alpha value is -3.37. The summed E-state index contributed by atoms with van der Waals surface area (Å²) in [4.78, 5) is 10.3. The van der Waals surface area contributed by atoms with E-state index < -0.39 is 0 Å². The first-order valence-electron chi connectivity index (χ1n) is 11.6. The van der Waals surface area contributed by atoms with E-state index in [1.807, 2.05) is 18.2 Å².